The first kappa shape index (κ1) is 22.1. The third-order valence-electron chi connectivity index (χ3n) is 3.96. The minimum Gasteiger partial charge on any atom is -0.493 e. The van der Waals surface area contributed by atoms with E-state index in [-0.39, 0.29) is 30.1 Å². The van der Waals surface area contributed by atoms with E-state index >= 15 is 0 Å². The molecule has 0 bridgehead atoms. The van der Waals surface area contributed by atoms with E-state index in [1.54, 1.807) is 41.3 Å². The molecule has 4 N–H and O–H groups in total. The third-order valence-corrected chi connectivity index (χ3v) is 4.70. The maximum Gasteiger partial charge on any atom is 0.220 e. The standard InChI is InChI=1S/C18H18Cl2FN5O.ClH/c19-13-7-6-11(10-14(13)20)27-9-3-8-26-16(24-17(22)25-18(26)23)12-4-1-2-5-15(12)21;/h1-2,4-7,10,16H,3,8-9H2,(H4,22,23,24,25);1H. The number of nitrogens with zero attached hydrogens (tertiary/aromatic N) is 3. The zero-order valence-electron chi connectivity index (χ0n) is 14.7. The maximum absolute atomic E-state index is 14.2. The molecule has 1 aliphatic rings. The Labute approximate surface area is 178 Å². The van der Waals surface area contributed by atoms with Gasteiger partial charge in [0.05, 0.1) is 16.7 Å². The van der Waals surface area contributed by atoms with Crippen molar-refractivity contribution in [1.82, 2.24) is 4.90 Å². The van der Waals surface area contributed by atoms with Crippen LogP contribution in [0, 0.1) is 5.82 Å². The van der Waals surface area contributed by atoms with Gasteiger partial charge in [0.15, 0.2) is 6.17 Å². The van der Waals surface area contributed by atoms with Crippen LogP contribution in [-0.2, 0) is 0 Å². The number of rotatable bonds is 6. The fourth-order valence-corrected chi connectivity index (χ4v) is 2.97. The van der Waals surface area contributed by atoms with Crippen LogP contribution in [0.15, 0.2) is 52.4 Å². The fraction of sp³-hybridized carbons (Fsp3) is 0.222. The summed E-state index contributed by atoms with van der Waals surface area (Å²) in [5.41, 5.74) is 12.1. The SMILES string of the molecule is Cl.NC1=NC(c2ccccc2F)N(CCCOc2ccc(Cl)c(Cl)c2)C(N)=N1. The second kappa shape index (κ2) is 9.82. The Hall–Kier alpha value is -2.22. The summed E-state index contributed by atoms with van der Waals surface area (Å²) >= 11 is 11.9. The van der Waals surface area contributed by atoms with E-state index in [2.05, 4.69) is 9.98 Å². The van der Waals surface area contributed by atoms with Crippen molar-refractivity contribution in [3.05, 3.63) is 63.9 Å². The van der Waals surface area contributed by atoms with Gasteiger partial charge in [-0.3, -0.25) is 0 Å². The summed E-state index contributed by atoms with van der Waals surface area (Å²) in [5, 5.41) is 0.885. The molecule has 150 valence electrons. The lowest BCUT2D eigenvalue weighted by Crippen LogP contribution is -2.45. The van der Waals surface area contributed by atoms with Crippen LogP contribution in [0.25, 0.3) is 0 Å². The number of nitrogens with two attached hydrogens (primary N) is 2. The van der Waals surface area contributed by atoms with Crippen molar-refractivity contribution in [3.8, 4) is 5.75 Å². The van der Waals surface area contributed by atoms with Crippen molar-refractivity contribution in [3.63, 3.8) is 0 Å². The van der Waals surface area contributed by atoms with E-state index in [1.807, 2.05) is 0 Å². The highest BCUT2D eigenvalue weighted by Gasteiger charge is 2.27. The van der Waals surface area contributed by atoms with Gasteiger partial charge in [-0.25, -0.2) is 9.38 Å². The van der Waals surface area contributed by atoms with Crippen LogP contribution < -0.4 is 16.2 Å². The average Bonchev–Trinajstić information content (AvgIpc) is 2.63. The van der Waals surface area contributed by atoms with Gasteiger partial charge in [-0.15, -0.1) is 12.4 Å². The molecule has 10 heteroatoms. The zero-order valence-corrected chi connectivity index (χ0v) is 17.0. The second-order valence-corrected chi connectivity index (χ2v) is 6.64. The van der Waals surface area contributed by atoms with Crippen molar-refractivity contribution in [2.24, 2.45) is 21.5 Å². The summed E-state index contributed by atoms with van der Waals surface area (Å²) in [6.07, 6.45) is -0.0784. The summed E-state index contributed by atoms with van der Waals surface area (Å²) in [6, 6.07) is 11.4. The molecule has 2 aromatic carbocycles. The van der Waals surface area contributed by atoms with Crippen molar-refractivity contribution < 1.29 is 9.13 Å². The largest absolute Gasteiger partial charge is 0.493 e. The fourth-order valence-electron chi connectivity index (χ4n) is 2.68. The summed E-state index contributed by atoms with van der Waals surface area (Å²) in [4.78, 5) is 9.91. The number of halogens is 4. The average molecular weight is 447 g/mol. The number of ether oxygens (including phenoxy) is 1. The van der Waals surface area contributed by atoms with Crippen LogP contribution in [0.2, 0.25) is 10.0 Å². The first-order valence-corrected chi connectivity index (χ1v) is 8.97. The van der Waals surface area contributed by atoms with E-state index < -0.39 is 6.17 Å². The van der Waals surface area contributed by atoms with Crippen molar-refractivity contribution in [2.45, 2.75) is 12.6 Å². The highest BCUT2D eigenvalue weighted by atomic mass is 35.5. The number of benzene rings is 2. The second-order valence-electron chi connectivity index (χ2n) is 5.82. The van der Waals surface area contributed by atoms with E-state index in [0.717, 1.165) is 0 Å². The Kier molecular flexibility index (Phi) is 7.74. The Bertz CT molecular complexity index is 893. The minimum absolute atomic E-state index is 0. The molecule has 28 heavy (non-hydrogen) atoms. The molecule has 3 rings (SSSR count). The number of hydrogen-bond acceptors (Lipinski definition) is 6. The molecule has 1 atom stereocenters. The predicted octanol–water partition coefficient (Wildman–Crippen LogP) is 3.97. The molecular weight excluding hydrogens is 428 g/mol. The number of aliphatic imine (C=N–C) groups is 2. The molecule has 1 unspecified atom stereocenters. The molecule has 0 aromatic heterocycles. The Morgan fingerprint density at radius 1 is 1.11 bits per heavy atom. The molecule has 2 aromatic rings. The van der Waals surface area contributed by atoms with Crippen molar-refractivity contribution >= 4 is 47.5 Å². The van der Waals surface area contributed by atoms with E-state index in [0.29, 0.717) is 40.9 Å². The molecule has 0 saturated heterocycles. The van der Waals surface area contributed by atoms with Crippen LogP contribution in [0.4, 0.5) is 4.39 Å². The smallest absolute Gasteiger partial charge is 0.220 e. The van der Waals surface area contributed by atoms with Crippen molar-refractivity contribution in [1.29, 1.82) is 0 Å². The lowest BCUT2D eigenvalue weighted by Gasteiger charge is -2.32. The summed E-state index contributed by atoms with van der Waals surface area (Å²) in [5.74, 6) is 0.428. The van der Waals surface area contributed by atoms with Gasteiger partial charge in [0, 0.05) is 18.2 Å². The molecule has 0 radical (unpaired) electrons. The zero-order chi connectivity index (χ0) is 19.4. The maximum atomic E-state index is 14.2. The lowest BCUT2D eigenvalue weighted by molar-refractivity contribution is 0.255. The topological polar surface area (TPSA) is 89.2 Å². The summed E-state index contributed by atoms with van der Waals surface area (Å²) in [7, 11) is 0. The molecule has 0 aliphatic carbocycles. The van der Waals surface area contributed by atoms with Crippen LogP contribution in [-0.4, -0.2) is 30.0 Å². The molecule has 6 nitrogen and oxygen atoms in total. The van der Waals surface area contributed by atoms with Gasteiger partial charge in [0.1, 0.15) is 11.6 Å². The first-order chi connectivity index (χ1) is 13.0. The van der Waals surface area contributed by atoms with Gasteiger partial charge >= 0.3 is 0 Å². The predicted molar refractivity (Wildman–Crippen MR) is 113 cm³/mol. The van der Waals surface area contributed by atoms with Gasteiger partial charge in [-0.1, -0.05) is 41.4 Å². The van der Waals surface area contributed by atoms with Crippen LogP contribution in [0.3, 0.4) is 0 Å². The van der Waals surface area contributed by atoms with E-state index in [4.69, 9.17) is 39.4 Å². The quantitative estimate of drug-likeness (QED) is 0.657. The van der Waals surface area contributed by atoms with E-state index in [9.17, 15) is 4.39 Å². The molecule has 0 fully saturated rings. The van der Waals surface area contributed by atoms with Crippen LogP contribution in [0.5, 0.6) is 5.75 Å². The molecule has 0 amide bonds. The first-order valence-electron chi connectivity index (χ1n) is 8.22. The summed E-state index contributed by atoms with van der Waals surface area (Å²) in [6.45, 7) is 0.845. The van der Waals surface area contributed by atoms with Gasteiger partial charge in [-0.2, -0.15) is 4.99 Å². The molecule has 1 aliphatic heterocycles. The highest BCUT2D eigenvalue weighted by Crippen LogP contribution is 2.28. The van der Waals surface area contributed by atoms with Crippen LogP contribution >= 0.6 is 35.6 Å². The highest BCUT2D eigenvalue weighted by molar-refractivity contribution is 6.42. The lowest BCUT2D eigenvalue weighted by atomic mass is 10.1. The van der Waals surface area contributed by atoms with Gasteiger partial charge in [0.25, 0.3) is 0 Å². The van der Waals surface area contributed by atoms with E-state index in [1.165, 1.54) is 6.07 Å². The molecule has 0 spiro atoms. The molecule has 1 heterocycles. The molecule has 0 saturated carbocycles. The van der Waals surface area contributed by atoms with Crippen LogP contribution in [0.1, 0.15) is 18.2 Å². The summed E-state index contributed by atoms with van der Waals surface area (Å²) < 4.78 is 19.9. The normalized spacial score (nSPS) is 16.1. The van der Waals surface area contributed by atoms with Gasteiger partial charge in [0.2, 0.25) is 11.9 Å². The Morgan fingerprint density at radius 2 is 1.86 bits per heavy atom. The monoisotopic (exact) mass is 445 g/mol. The molecular formula is C18H19Cl3FN5O. The Morgan fingerprint density at radius 3 is 2.57 bits per heavy atom. The third kappa shape index (κ3) is 5.19. The number of hydrogen-bond donors (Lipinski definition) is 2. The minimum atomic E-state index is -0.673. The number of guanidine groups is 2. The van der Waals surface area contributed by atoms with Gasteiger partial charge in [-0.05, 0) is 24.6 Å². The van der Waals surface area contributed by atoms with Gasteiger partial charge < -0.3 is 21.1 Å². The Balaban J connectivity index is 0.00000280. The van der Waals surface area contributed by atoms with Crippen molar-refractivity contribution in [2.75, 3.05) is 13.2 Å².